The van der Waals surface area contributed by atoms with Gasteiger partial charge >= 0.3 is 0 Å². The van der Waals surface area contributed by atoms with E-state index in [1.165, 1.54) is 19.3 Å². The fourth-order valence-corrected chi connectivity index (χ4v) is 12.3. The van der Waals surface area contributed by atoms with Gasteiger partial charge in [0.05, 0.1) is 22.3 Å². The number of nitriles is 1. The first kappa shape index (κ1) is 50.2. The van der Waals surface area contributed by atoms with E-state index >= 15 is 0 Å². The molecule has 1 saturated carbocycles. The van der Waals surface area contributed by atoms with E-state index in [0.29, 0.717) is 52.3 Å². The van der Waals surface area contributed by atoms with E-state index in [9.17, 15) is 15.2 Å². The van der Waals surface area contributed by atoms with Gasteiger partial charge in [0, 0.05) is 112 Å². The Morgan fingerprint density at radius 1 is 0.930 bits per heavy atom. The third kappa shape index (κ3) is 10.9. The van der Waals surface area contributed by atoms with Gasteiger partial charge in [0.1, 0.15) is 35.4 Å². The number of aromatic nitrogens is 6. The zero-order valence-electron chi connectivity index (χ0n) is 42.4. The lowest BCUT2D eigenvalue weighted by atomic mass is 9.49. The molecule has 378 valence electrons. The molecule has 5 aromatic rings. The van der Waals surface area contributed by atoms with Crippen molar-refractivity contribution in [1.82, 2.24) is 39.8 Å². The van der Waals surface area contributed by atoms with Gasteiger partial charge < -0.3 is 40.1 Å². The summed E-state index contributed by atoms with van der Waals surface area (Å²) in [6.07, 6.45) is 16.6. The Hall–Kier alpha value is -5.76. The fourth-order valence-electron chi connectivity index (χ4n) is 12.1. The van der Waals surface area contributed by atoms with Gasteiger partial charge in [-0.05, 0) is 106 Å². The monoisotopic (exact) mass is 986 g/mol. The Morgan fingerprint density at radius 2 is 1.68 bits per heavy atom. The molecule has 9 rings (SSSR count). The number of aryl methyl sites for hydroxylation is 1. The lowest BCUT2D eigenvalue weighted by molar-refractivity contribution is -0.164. The largest absolute Gasteiger partial charge is 0.489 e. The molecule has 7 heterocycles. The zero-order valence-corrected chi connectivity index (χ0v) is 43.2. The molecule has 71 heavy (non-hydrogen) atoms. The highest BCUT2D eigenvalue weighted by molar-refractivity contribution is 6.31. The maximum absolute atomic E-state index is 13.5. The van der Waals surface area contributed by atoms with E-state index in [0.717, 1.165) is 119 Å². The molecule has 0 spiro atoms. The average molecular weight is 987 g/mol. The van der Waals surface area contributed by atoms with Gasteiger partial charge in [-0.25, -0.2) is 19.9 Å². The minimum absolute atomic E-state index is 0.154. The number of fused-ring (bicyclic) bond motifs is 1. The van der Waals surface area contributed by atoms with Gasteiger partial charge in [0.15, 0.2) is 5.65 Å². The van der Waals surface area contributed by atoms with Gasteiger partial charge in [0.2, 0.25) is 5.95 Å². The van der Waals surface area contributed by atoms with Crippen LogP contribution in [0.4, 0.5) is 23.4 Å². The number of nitrogens with one attached hydrogen (secondary N) is 2. The van der Waals surface area contributed by atoms with E-state index in [1.54, 1.807) is 30.6 Å². The molecule has 4 aromatic heterocycles. The predicted molar refractivity (Wildman–Crippen MR) is 279 cm³/mol. The van der Waals surface area contributed by atoms with Gasteiger partial charge in [-0.3, -0.25) is 4.79 Å². The number of piperidine rings is 3. The van der Waals surface area contributed by atoms with Crippen molar-refractivity contribution in [3.05, 3.63) is 88.5 Å². The highest BCUT2D eigenvalue weighted by Crippen LogP contribution is 2.55. The van der Waals surface area contributed by atoms with E-state index in [4.69, 9.17) is 31.4 Å². The van der Waals surface area contributed by atoms with Crippen molar-refractivity contribution >= 4 is 46.6 Å². The van der Waals surface area contributed by atoms with E-state index in [1.807, 2.05) is 16.9 Å². The summed E-state index contributed by atoms with van der Waals surface area (Å²) in [7, 11) is 2.16. The Labute approximate surface area is 424 Å². The van der Waals surface area contributed by atoms with Crippen molar-refractivity contribution in [2.75, 3.05) is 79.5 Å². The number of aliphatic hydroxyl groups excluding tert-OH is 1. The minimum atomic E-state index is -0.369. The summed E-state index contributed by atoms with van der Waals surface area (Å²) < 4.78 is 8.31. The van der Waals surface area contributed by atoms with Crippen molar-refractivity contribution in [2.24, 2.45) is 22.7 Å². The number of amides is 1. The SMILES string of the molecule is CCc1cnn2c(NCc3ccc(N(C)CC4CCN(CC5CCN(c6ncc(C(=O)NC7C(C)(C)C(Oc8ccc(C#N)c(Cl)c8)C7(C)C)cn6)CC5)CC4)nc3)cc(N3CCCCC3CCO)nc12. The van der Waals surface area contributed by atoms with Crippen molar-refractivity contribution in [1.29, 1.82) is 5.26 Å². The van der Waals surface area contributed by atoms with Crippen LogP contribution in [0.1, 0.15) is 113 Å². The maximum Gasteiger partial charge on any atom is 0.254 e. The summed E-state index contributed by atoms with van der Waals surface area (Å²) in [6.45, 7) is 18.4. The third-order valence-electron chi connectivity index (χ3n) is 16.0. The smallest absolute Gasteiger partial charge is 0.254 e. The summed E-state index contributed by atoms with van der Waals surface area (Å²) in [5, 5.41) is 31.0. The molecule has 3 aliphatic heterocycles. The molecule has 4 aliphatic rings. The zero-order chi connectivity index (χ0) is 49.9. The summed E-state index contributed by atoms with van der Waals surface area (Å²) in [4.78, 5) is 42.4. The molecular weight excluding hydrogens is 914 g/mol. The minimum Gasteiger partial charge on any atom is -0.489 e. The number of hydrogen-bond acceptors (Lipinski definition) is 14. The van der Waals surface area contributed by atoms with Crippen LogP contribution in [0.15, 0.2) is 61.2 Å². The highest BCUT2D eigenvalue weighted by atomic mass is 35.5. The first-order valence-electron chi connectivity index (χ1n) is 25.9. The van der Waals surface area contributed by atoms with Gasteiger partial charge in [-0.15, -0.1) is 0 Å². The normalized spacial score (nSPS) is 21.6. The second kappa shape index (κ2) is 21.5. The first-order chi connectivity index (χ1) is 34.2. The molecule has 1 atom stereocenters. The molecule has 0 bridgehead atoms. The molecule has 17 heteroatoms. The topological polar surface area (TPSA) is 176 Å². The van der Waals surface area contributed by atoms with E-state index < -0.39 is 0 Å². The second-order valence-corrected chi connectivity index (χ2v) is 22.0. The number of likely N-dealkylation sites (tertiary alicyclic amines) is 1. The molecule has 1 unspecified atom stereocenters. The van der Waals surface area contributed by atoms with E-state index in [-0.39, 0.29) is 35.5 Å². The average Bonchev–Trinajstić information content (AvgIpc) is 3.81. The molecule has 1 amide bonds. The number of halogens is 1. The van der Waals surface area contributed by atoms with Crippen molar-refractivity contribution in [2.45, 2.75) is 117 Å². The van der Waals surface area contributed by atoms with Gasteiger partial charge in [0.25, 0.3) is 5.91 Å². The number of carbonyl (C=O) groups is 1. The molecule has 3 saturated heterocycles. The number of pyridine rings is 1. The van der Waals surface area contributed by atoms with Gasteiger partial charge in [-0.1, -0.05) is 52.3 Å². The Bertz CT molecular complexity index is 2640. The fraction of sp³-hybridized carbons (Fsp3) is 0.574. The van der Waals surface area contributed by atoms with E-state index in [2.05, 4.69) is 106 Å². The predicted octanol–water partition coefficient (Wildman–Crippen LogP) is 8.03. The Morgan fingerprint density at radius 3 is 2.35 bits per heavy atom. The third-order valence-corrected chi connectivity index (χ3v) is 16.3. The van der Waals surface area contributed by atoms with Crippen LogP contribution in [0, 0.1) is 34.0 Å². The molecule has 3 N–H and O–H groups in total. The molecular formula is C54H72ClN13O3. The number of carbonyl (C=O) groups excluding carboxylic acids is 1. The molecule has 1 aliphatic carbocycles. The number of anilines is 4. The standard InChI is InChI=1S/C54H72ClN13O3/c1-7-39-33-61-68-46(27-47(62-48(39)68)67-20-9-8-10-42(67)19-25-69)58-30-38-11-14-45(57-29-38)64(6)34-36-15-21-65(22-16-36)35-37-17-23-66(24-18-37)52-59-31-41(32-60-52)49(70)63-50-53(2,3)51(54(50,4)5)71-43-13-12-40(28-56)44(55)26-43/h11-14,26-27,29,31-33,36-37,42,50-51,58,69H,7-10,15-25,30,34-35H2,1-6H3,(H,63,70). The highest BCUT2D eigenvalue weighted by Gasteiger charge is 2.64. The number of hydrogen-bond donors (Lipinski definition) is 3. The molecule has 1 aromatic carbocycles. The summed E-state index contributed by atoms with van der Waals surface area (Å²) in [5.74, 6) is 5.19. The Kier molecular flexibility index (Phi) is 15.2. The number of rotatable bonds is 17. The van der Waals surface area contributed by atoms with Crippen LogP contribution in [0.5, 0.6) is 5.75 Å². The van der Waals surface area contributed by atoms with Crippen molar-refractivity contribution in [3.63, 3.8) is 0 Å². The van der Waals surface area contributed by atoms with Gasteiger partial charge in [-0.2, -0.15) is 14.9 Å². The van der Waals surface area contributed by atoms with Crippen molar-refractivity contribution in [3.8, 4) is 11.8 Å². The van der Waals surface area contributed by atoms with Crippen LogP contribution in [0.25, 0.3) is 5.65 Å². The number of nitrogens with zero attached hydrogens (tertiary/aromatic N) is 11. The van der Waals surface area contributed by atoms with Crippen LogP contribution in [0.3, 0.4) is 0 Å². The Balaban J connectivity index is 0.696. The molecule has 4 fully saturated rings. The summed E-state index contributed by atoms with van der Waals surface area (Å²) in [6, 6.07) is 13.8. The number of ether oxygens (including phenoxy) is 1. The molecule has 0 radical (unpaired) electrons. The van der Waals surface area contributed by atoms with Crippen LogP contribution in [-0.4, -0.2) is 123 Å². The quantitative estimate of drug-likeness (QED) is 0.0816. The summed E-state index contributed by atoms with van der Waals surface area (Å²) >= 11 is 6.27. The van der Waals surface area contributed by atoms with Crippen molar-refractivity contribution < 1.29 is 14.6 Å². The second-order valence-electron chi connectivity index (χ2n) is 21.6. The number of aliphatic hydroxyl groups is 1. The lowest BCUT2D eigenvalue weighted by Crippen LogP contribution is -2.74. The van der Waals surface area contributed by atoms with Crippen LogP contribution in [0.2, 0.25) is 5.02 Å². The summed E-state index contributed by atoms with van der Waals surface area (Å²) in [5.41, 5.74) is 3.22. The number of benzene rings is 1. The van der Waals surface area contributed by atoms with Crippen LogP contribution in [-0.2, 0) is 13.0 Å². The van der Waals surface area contributed by atoms with Crippen LogP contribution < -0.4 is 30.1 Å². The first-order valence-corrected chi connectivity index (χ1v) is 26.2. The lowest BCUT2D eigenvalue weighted by Gasteiger charge is -2.63. The van der Waals surface area contributed by atoms with Crippen LogP contribution >= 0.6 is 11.6 Å². The maximum atomic E-state index is 13.5. The molecule has 16 nitrogen and oxygen atoms in total.